The number of ether oxygens (including phenoxy) is 1. The molecule has 1 aliphatic rings. The van der Waals surface area contributed by atoms with E-state index >= 15 is 0 Å². The minimum Gasteiger partial charge on any atom is -0.394 e. The van der Waals surface area contributed by atoms with Gasteiger partial charge in [0.2, 0.25) is 5.95 Å². The number of fused-ring (bicyclic) bond motifs is 2. The number of nitrogens with one attached hydrogen (secondary N) is 2. The fraction of sp³-hybridized carbons (Fsp3) is 0.500. The molecule has 10 nitrogen and oxygen atoms in total. The first kappa shape index (κ1) is 24.3. The SMILES string of the molecule is CNc1nc(N[C@H]2CC[C@@H](OCCO)CC2)nn2ccc(-c3ccc4nc(C)n(CC(F)F)c4n3)c12. The summed E-state index contributed by atoms with van der Waals surface area (Å²) in [7, 11) is 1.80. The number of hydrogen-bond acceptors (Lipinski definition) is 8. The Bertz CT molecular complexity index is 1350. The average molecular weight is 501 g/mol. The summed E-state index contributed by atoms with van der Waals surface area (Å²) in [5.41, 5.74) is 3.16. The third-order valence-corrected chi connectivity index (χ3v) is 6.58. The van der Waals surface area contributed by atoms with Gasteiger partial charge in [0, 0.05) is 24.8 Å². The Morgan fingerprint density at radius 1 is 1.14 bits per heavy atom. The van der Waals surface area contributed by atoms with E-state index < -0.39 is 13.0 Å². The molecule has 5 rings (SSSR count). The van der Waals surface area contributed by atoms with E-state index in [4.69, 9.17) is 14.8 Å². The van der Waals surface area contributed by atoms with Crippen molar-refractivity contribution in [2.75, 3.05) is 30.9 Å². The first-order chi connectivity index (χ1) is 17.5. The van der Waals surface area contributed by atoms with Crippen molar-refractivity contribution in [3.63, 3.8) is 0 Å². The Balaban J connectivity index is 1.42. The third kappa shape index (κ3) is 4.82. The van der Waals surface area contributed by atoms with E-state index in [9.17, 15) is 8.78 Å². The van der Waals surface area contributed by atoms with Crippen molar-refractivity contribution in [1.29, 1.82) is 0 Å². The molecule has 4 aromatic rings. The van der Waals surface area contributed by atoms with Gasteiger partial charge in [-0.3, -0.25) is 0 Å². The van der Waals surface area contributed by atoms with Gasteiger partial charge in [0.25, 0.3) is 6.43 Å². The molecule has 0 atom stereocenters. The van der Waals surface area contributed by atoms with Crippen LogP contribution in [0.1, 0.15) is 31.5 Å². The van der Waals surface area contributed by atoms with Gasteiger partial charge in [0.1, 0.15) is 16.9 Å². The molecule has 3 N–H and O–H groups in total. The predicted molar refractivity (Wildman–Crippen MR) is 133 cm³/mol. The van der Waals surface area contributed by atoms with Gasteiger partial charge in [0.15, 0.2) is 11.5 Å². The Morgan fingerprint density at radius 2 is 1.94 bits per heavy atom. The van der Waals surface area contributed by atoms with Crippen LogP contribution in [0.5, 0.6) is 0 Å². The number of aliphatic hydroxyl groups is 1. The van der Waals surface area contributed by atoms with Crippen LogP contribution in [-0.4, -0.2) is 73.1 Å². The number of rotatable bonds is 9. The summed E-state index contributed by atoms with van der Waals surface area (Å²) < 4.78 is 35.1. The molecule has 0 aromatic carbocycles. The van der Waals surface area contributed by atoms with Crippen molar-refractivity contribution in [2.24, 2.45) is 0 Å². The van der Waals surface area contributed by atoms with Gasteiger partial charge in [-0.05, 0) is 50.8 Å². The number of hydrogen-bond donors (Lipinski definition) is 3. The molecule has 0 aliphatic heterocycles. The number of halogens is 2. The van der Waals surface area contributed by atoms with Crippen LogP contribution >= 0.6 is 0 Å². The number of pyridine rings is 1. The van der Waals surface area contributed by atoms with Gasteiger partial charge < -0.3 is 25.0 Å². The molecule has 0 spiro atoms. The molecule has 0 unspecified atom stereocenters. The zero-order chi connectivity index (χ0) is 25.2. The standard InChI is InChI=1S/C24H30F2N8O2/c1-14-28-19-8-7-18(30-23(19)33(14)13-20(25)26)17-9-10-34-21(17)22(27-2)31-24(32-34)29-15-3-5-16(6-4-15)36-12-11-35/h7-10,15-16,20,35H,3-6,11-13H2,1-2H3,(H2,27,29,31,32)/t15-,16+. The maximum absolute atomic E-state index is 13.1. The molecule has 192 valence electrons. The van der Waals surface area contributed by atoms with E-state index in [-0.39, 0.29) is 18.8 Å². The van der Waals surface area contributed by atoms with Crippen LogP contribution in [0.15, 0.2) is 24.4 Å². The van der Waals surface area contributed by atoms with E-state index in [1.54, 1.807) is 24.6 Å². The molecule has 4 heterocycles. The molecule has 1 aliphatic carbocycles. The van der Waals surface area contributed by atoms with Gasteiger partial charge in [0.05, 0.1) is 31.6 Å². The lowest BCUT2D eigenvalue weighted by atomic mass is 9.93. The van der Waals surface area contributed by atoms with Gasteiger partial charge in [-0.1, -0.05) is 0 Å². The van der Waals surface area contributed by atoms with Crippen LogP contribution in [0.25, 0.3) is 27.9 Å². The number of aryl methyl sites for hydroxylation is 1. The highest BCUT2D eigenvalue weighted by Gasteiger charge is 2.23. The molecule has 12 heteroatoms. The summed E-state index contributed by atoms with van der Waals surface area (Å²) in [5.74, 6) is 1.65. The maximum atomic E-state index is 13.1. The van der Waals surface area contributed by atoms with Gasteiger partial charge in [-0.25, -0.2) is 23.3 Å². The minimum absolute atomic E-state index is 0.0417. The quantitative estimate of drug-likeness (QED) is 0.320. The van der Waals surface area contributed by atoms with Gasteiger partial charge in [-0.15, -0.1) is 5.10 Å². The molecule has 1 saturated carbocycles. The Hall–Kier alpha value is -3.38. The molecule has 1 fully saturated rings. The summed E-state index contributed by atoms with van der Waals surface area (Å²) in [5, 5.41) is 20.2. The molecule has 0 bridgehead atoms. The first-order valence-corrected chi connectivity index (χ1v) is 12.2. The van der Waals surface area contributed by atoms with Crippen LogP contribution in [0.2, 0.25) is 0 Å². The van der Waals surface area contributed by atoms with E-state index in [2.05, 4.69) is 25.7 Å². The lowest BCUT2D eigenvalue weighted by Crippen LogP contribution is -2.31. The normalized spacial score (nSPS) is 18.4. The number of alkyl halides is 2. The highest BCUT2D eigenvalue weighted by atomic mass is 19.3. The number of imidazole rings is 1. The summed E-state index contributed by atoms with van der Waals surface area (Å²) in [6.45, 7) is 1.66. The fourth-order valence-electron chi connectivity index (χ4n) is 4.86. The van der Waals surface area contributed by atoms with E-state index in [1.807, 2.05) is 18.3 Å². The van der Waals surface area contributed by atoms with Crippen molar-refractivity contribution < 1.29 is 18.6 Å². The smallest absolute Gasteiger partial charge is 0.256 e. The zero-order valence-electron chi connectivity index (χ0n) is 20.3. The van der Waals surface area contributed by atoms with Crippen LogP contribution in [-0.2, 0) is 11.3 Å². The summed E-state index contributed by atoms with van der Waals surface area (Å²) >= 11 is 0. The van der Waals surface area contributed by atoms with Crippen LogP contribution in [0.4, 0.5) is 20.5 Å². The zero-order valence-corrected chi connectivity index (χ0v) is 20.3. The molecule has 0 amide bonds. The first-order valence-electron chi connectivity index (χ1n) is 12.2. The number of nitrogens with zero attached hydrogens (tertiary/aromatic N) is 6. The summed E-state index contributed by atoms with van der Waals surface area (Å²) in [4.78, 5) is 13.8. The molecular formula is C24H30F2N8O2. The topological polar surface area (TPSA) is 114 Å². The highest BCUT2D eigenvalue weighted by molar-refractivity contribution is 5.89. The number of anilines is 2. The average Bonchev–Trinajstić information content (AvgIpc) is 3.43. The van der Waals surface area contributed by atoms with Crippen molar-refractivity contribution in [2.45, 2.75) is 57.7 Å². The Kier molecular flexibility index (Phi) is 6.97. The second kappa shape index (κ2) is 10.3. The molecule has 0 saturated heterocycles. The van der Waals surface area contributed by atoms with Crippen LogP contribution in [0, 0.1) is 6.92 Å². The lowest BCUT2D eigenvalue weighted by molar-refractivity contribution is 0.00719. The largest absolute Gasteiger partial charge is 0.394 e. The highest BCUT2D eigenvalue weighted by Crippen LogP contribution is 2.31. The summed E-state index contributed by atoms with van der Waals surface area (Å²) in [6.07, 6.45) is 3.22. The molecular weight excluding hydrogens is 470 g/mol. The lowest BCUT2D eigenvalue weighted by Gasteiger charge is -2.29. The van der Waals surface area contributed by atoms with Gasteiger partial charge >= 0.3 is 0 Å². The number of aromatic nitrogens is 6. The number of aliphatic hydroxyl groups excluding tert-OH is 1. The Morgan fingerprint density at radius 3 is 2.67 bits per heavy atom. The molecule has 4 aromatic heterocycles. The van der Waals surface area contributed by atoms with E-state index in [0.29, 0.717) is 41.1 Å². The van der Waals surface area contributed by atoms with Crippen LogP contribution < -0.4 is 10.6 Å². The van der Waals surface area contributed by atoms with E-state index in [0.717, 1.165) is 36.8 Å². The Labute approximate surface area is 206 Å². The fourth-order valence-corrected chi connectivity index (χ4v) is 4.86. The van der Waals surface area contributed by atoms with E-state index in [1.165, 1.54) is 4.57 Å². The van der Waals surface area contributed by atoms with Crippen molar-refractivity contribution in [3.8, 4) is 11.3 Å². The van der Waals surface area contributed by atoms with Crippen molar-refractivity contribution in [3.05, 3.63) is 30.2 Å². The minimum atomic E-state index is -2.50. The second-order valence-electron chi connectivity index (χ2n) is 8.97. The van der Waals surface area contributed by atoms with Crippen molar-refractivity contribution in [1.82, 2.24) is 29.1 Å². The molecule has 0 radical (unpaired) electrons. The second-order valence-corrected chi connectivity index (χ2v) is 8.97. The summed E-state index contributed by atoms with van der Waals surface area (Å²) in [6, 6.07) is 5.76. The van der Waals surface area contributed by atoms with Crippen molar-refractivity contribution >= 4 is 28.4 Å². The third-order valence-electron chi connectivity index (χ3n) is 6.58. The maximum Gasteiger partial charge on any atom is 0.256 e. The van der Waals surface area contributed by atoms with Crippen LogP contribution in [0.3, 0.4) is 0 Å². The predicted octanol–water partition coefficient (Wildman–Crippen LogP) is 3.49. The molecule has 36 heavy (non-hydrogen) atoms. The monoisotopic (exact) mass is 500 g/mol. The van der Waals surface area contributed by atoms with Gasteiger partial charge in [-0.2, -0.15) is 4.98 Å².